The van der Waals surface area contributed by atoms with Crippen LogP contribution in [0.1, 0.15) is 18.4 Å². The van der Waals surface area contributed by atoms with Crippen LogP contribution in [0.15, 0.2) is 46.2 Å². The van der Waals surface area contributed by atoms with E-state index in [9.17, 15) is 13.2 Å². The van der Waals surface area contributed by atoms with Gasteiger partial charge in [0, 0.05) is 25.5 Å². The smallest absolute Gasteiger partial charge is 0.253 e. The lowest BCUT2D eigenvalue weighted by atomic mass is 10.2. The van der Waals surface area contributed by atoms with Crippen LogP contribution in [0.25, 0.3) is 0 Å². The van der Waals surface area contributed by atoms with E-state index in [4.69, 9.17) is 0 Å². The molecule has 0 aliphatic carbocycles. The Morgan fingerprint density at radius 1 is 1.35 bits per heavy atom. The second-order valence-corrected chi connectivity index (χ2v) is 8.34. The number of pyridine rings is 1. The quantitative estimate of drug-likeness (QED) is 0.888. The summed E-state index contributed by atoms with van der Waals surface area (Å²) < 4.78 is 26.9. The zero-order valence-electron chi connectivity index (χ0n) is 12.4. The van der Waals surface area contributed by atoms with Gasteiger partial charge in [0.1, 0.15) is 10.3 Å². The molecule has 122 valence electrons. The summed E-state index contributed by atoms with van der Waals surface area (Å²) in [5.74, 6) is -0.251. The molecular formula is C15H17N3O3S2. The van der Waals surface area contributed by atoms with Gasteiger partial charge in [0.15, 0.2) is 0 Å². The molecule has 1 amide bonds. The maximum atomic E-state index is 12.6. The summed E-state index contributed by atoms with van der Waals surface area (Å²) in [4.78, 5) is 16.3. The van der Waals surface area contributed by atoms with Crippen molar-refractivity contribution in [2.24, 2.45) is 0 Å². The van der Waals surface area contributed by atoms with Gasteiger partial charge in [-0.1, -0.05) is 6.07 Å². The van der Waals surface area contributed by atoms with Crippen molar-refractivity contribution in [3.05, 3.63) is 47.6 Å². The molecule has 3 heterocycles. The molecule has 1 fully saturated rings. The van der Waals surface area contributed by atoms with E-state index >= 15 is 0 Å². The van der Waals surface area contributed by atoms with E-state index in [2.05, 4.69) is 10.3 Å². The molecule has 0 radical (unpaired) electrons. The van der Waals surface area contributed by atoms with Crippen LogP contribution in [0.5, 0.6) is 0 Å². The highest BCUT2D eigenvalue weighted by Gasteiger charge is 2.39. The largest absolute Gasteiger partial charge is 0.351 e. The van der Waals surface area contributed by atoms with E-state index in [1.807, 2.05) is 12.1 Å². The molecule has 0 saturated carbocycles. The monoisotopic (exact) mass is 351 g/mol. The minimum absolute atomic E-state index is 0.251. The van der Waals surface area contributed by atoms with Gasteiger partial charge in [-0.2, -0.15) is 4.31 Å². The van der Waals surface area contributed by atoms with Crippen LogP contribution >= 0.6 is 11.3 Å². The number of hydrogen-bond acceptors (Lipinski definition) is 5. The van der Waals surface area contributed by atoms with Crippen LogP contribution in [0, 0.1) is 0 Å². The summed E-state index contributed by atoms with van der Waals surface area (Å²) in [5.41, 5.74) is 0.930. The Hall–Kier alpha value is -1.77. The zero-order valence-corrected chi connectivity index (χ0v) is 14.0. The topological polar surface area (TPSA) is 79.4 Å². The number of sulfonamides is 1. The molecule has 23 heavy (non-hydrogen) atoms. The Labute approximate surface area is 139 Å². The van der Waals surface area contributed by atoms with Crippen LogP contribution in [0.2, 0.25) is 0 Å². The fourth-order valence-electron chi connectivity index (χ4n) is 2.62. The Balaban J connectivity index is 1.70. The molecule has 1 atom stereocenters. The van der Waals surface area contributed by atoms with Gasteiger partial charge in [0.2, 0.25) is 5.91 Å². The average molecular weight is 351 g/mol. The molecular weight excluding hydrogens is 334 g/mol. The number of nitrogens with one attached hydrogen (secondary N) is 1. The molecule has 3 rings (SSSR count). The maximum absolute atomic E-state index is 12.6. The van der Waals surface area contributed by atoms with Crippen molar-refractivity contribution in [2.45, 2.75) is 29.6 Å². The van der Waals surface area contributed by atoms with Crippen LogP contribution in [0.4, 0.5) is 0 Å². The maximum Gasteiger partial charge on any atom is 0.253 e. The lowest BCUT2D eigenvalue weighted by molar-refractivity contribution is -0.124. The predicted molar refractivity (Wildman–Crippen MR) is 87.3 cm³/mol. The number of rotatable bonds is 5. The average Bonchev–Trinajstić information content (AvgIpc) is 3.25. The van der Waals surface area contributed by atoms with Crippen LogP contribution < -0.4 is 5.32 Å². The van der Waals surface area contributed by atoms with E-state index in [0.717, 1.165) is 5.56 Å². The van der Waals surface area contributed by atoms with E-state index < -0.39 is 16.1 Å². The van der Waals surface area contributed by atoms with E-state index in [1.54, 1.807) is 29.9 Å². The number of nitrogens with zero attached hydrogens (tertiary/aromatic N) is 2. The molecule has 1 unspecified atom stereocenters. The van der Waals surface area contributed by atoms with Gasteiger partial charge >= 0.3 is 0 Å². The third kappa shape index (κ3) is 3.44. The highest BCUT2D eigenvalue weighted by atomic mass is 32.2. The first-order valence-electron chi connectivity index (χ1n) is 7.31. The van der Waals surface area contributed by atoms with Crippen LogP contribution in [-0.4, -0.2) is 36.2 Å². The standard InChI is InChI=1S/C15H17N3O3S2/c19-15(17-11-12-5-7-16-8-6-12)13-3-1-9-18(13)23(20,21)14-4-2-10-22-14/h2,4-8,10,13H,1,3,9,11H2,(H,17,19). The molecule has 1 saturated heterocycles. The van der Waals surface area contributed by atoms with Gasteiger partial charge in [-0.15, -0.1) is 11.3 Å². The van der Waals surface area contributed by atoms with Crippen LogP contribution in [0.3, 0.4) is 0 Å². The van der Waals surface area contributed by atoms with Gasteiger partial charge in [-0.3, -0.25) is 9.78 Å². The molecule has 2 aromatic heterocycles. The second-order valence-electron chi connectivity index (χ2n) is 5.28. The van der Waals surface area contributed by atoms with Crippen LogP contribution in [-0.2, 0) is 21.4 Å². The first-order chi connectivity index (χ1) is 11.1. The van der Waals surface area contributed by atoms with E-state index in [1.165, 1.54) is 15.6 Å². The second kappa shape index (κ2) is 6.77. The number of hydrogen-bond donors (Lipinski definition) is 1. The Kier molecular flexibility index (Phi) is 4.74. The zero-order chi connectivity index (χ0) is 16.3. The molecule has 2 aromatic rings. The van der Waals surface area contributed by atoms with Crippen molar-refractivity contribution in [2.75, 3.05) is 6.54 Å². The molecule has 0 aromatic carbocycles. The number of carbonyl (C=O) groups excluding carboxylic acids is 1. The number of amides is 1. The first-order valence-corrected chi connectivity index (χ1v) is 9.63. The summed E-state index contributed by atoms with van der Waals surface area (Å²) in [6.45, 7) is 0.748. The van der Waals surface area contributed by atoms with Gasteiger partial charge in [0.05, 0.1) is 0 Å². The van der Waals surface area contributed by atoms with Crippen molar-refractivity contribution < 1.29 is 13.2 Å². The van der Waals surface area contributed by atoms with Gasteiger partial charge < -0.3 is 5.32 Å². The number of aromatic nitrogens is 1. The molecule has 8 heteroatoms. The molecule has 0 spiro atoms. The summed E-state index contributed by atoms with van der Waals surface area (Å²) in [7, 11) is -3.59. The van der Waals surface area contributed by atoms with Crippen molar-refractivity contribution >= 4 is 27.3 Å². The lowest BCUT2D eigenvalue weighted by Gasteiger charge is -2.22. The van der Waals surface area contributed by atoms with E-state index in [-0.39, 0.29) is 10.1 Å². The third-order valence-electron chi connectivity index (χ3n) is 3.78. The summed E-state index contributed by atoms with van der Waals surface area (Å²) in [6, 6.07) is 6.27. The molecule has 6 nitrogen and oxygen atoms in total. The SMILES string of the molecule is O=C(NCc1ccncc1)C1CCCN1S(=O)(=O)c1cccs1. The molecule has 1 aliphatic heterocycles. The van der Waals surface area contributed by atoms with Crippen molar-refractivity contribution in [1.29, 1.82) is 0 Å². The minimum Gasteiger partial charge on any atom is -0.351 e. The number of thiophene rings is 1. The number of carbonyl (C=O) groups is 1. The molecule has 0 bridgehead atoms. The fraction of sp³-hybridized carbons (Fsp3) is 0.333. The van der Waals surface area contributed by atoms with Gasteiger partial charge in [-0.05, 0) is 42.0 Å². The highest BCUT2D eigenvalue weighted by molar-refractivity contribution is 7.91. The summed E-state index contributed by atoms with van der Waals surface area (Å²) in [6.07, 6.45) is 4.56. The fourth-order valence-corrected chi connectivity index (χ4v) is 5.40. The predicted octanol–water partition coefficient (Wildman–Crippen LogP) is 1.61. The van der Waals surface area contributed by atoms with Crippen molar-refractivity contribution in [1.82, 2.24) is 14.6 Å². The van der Waals surface area contributed by atoms with E-state index in [0.29, 0.717) is 25.9 Å². The van der Waals surface area contributed by atoms with Gasteiger partial charge in [0.25, 0.3) is 10.0 Å². The lowest BCUT2D eigenvalue weighted by Crippen LogP contribution is -2.45. The van der Waals surface area contributed by atoms with Crippen molar-refractivity contribution in [3.8, 4) is 0 Å². The van der Waals surface area contributed by atoms with Crippen molar-refractivity contribution in [3.63, 3.8) is 0 Å². The normalized spacial score (nSPS) is 18.9. The summed E-state index contributed by atoms with van der Waals surface area (Å²) in [5, 5.41) is 4.54. The third-order valence-corrected chi connectivity index (χ3v) is 7.06. The molecule has 1 N–H and O–H groups in total. The Morgan fingerprint density at radius 2 is 2.13 bits per heavy atom. The van der Waals surface area contributed by atoms with Gasteiger partial charge in [-0.25, -0.2) is 8.42 Å². The summed E-state index contributed by atoms with van der Waals surface area (Å²) >= 11 is 1.17. The minimum atomic E-state index is -3.59. The Morgan fingerprint density at radius 3 is 2.83 bits per heavy atom. The first kappa shape index (κ1) is 16.1. The Bertz CT molecular complexity index is 761. The molecule has 1 aliphatic rings. The highest BCUT2D eigenvalue weighted by Crippen LogP contribution is 2.28.